The Morgan fingerprint density at radius 3 is 2.45 bits per heavy atom. The van der Waals surface area contributed by atoms with E-state index in [1.807, 2.05) is 30.3 Å². The molecular formula is C30H24FN3O8. The third-order valence-corrected chi connectivity index (χ3v) is 7.56. The van der Waals surface area contributed by atoms with Gasteiger partial charge in [-0.05, 0) is 41.2 Å². The van der Waals surface area contributed by atoms with E-state index >= 15 is 0 Å². The molecule has 1 aliphatic heterocycles. The van der Waals surface area contributed by atoms with Crippen molar-refractivity contribution in [3.8, 4) is 17.0 Å². The number of hydrogen-bond donors (Lipinski definition) is 1. The van der Waals surface area contributed by atoms with Crippen LogP contribution < -0.4 is 10.2 Å². The van der Waals surface area contributed by atoms with E-state index in [-0.39, 0.29) is 42.7 Å². The average molecular weight is 574 g/mol. The Kier molecular flexibility index (Phi) is 6.60. The number of aromatic carboxylic acids is 1. The van der Waals surface area contributed by atoms with Gasteiger partial charge in [0, 0.05) is 25.2 Å². The van der Waals surface area contributed by atoms with Crippen LogP contribution in [0.5, 0.6) is 5.75 Å². The van der Waals surface area contributed by atoms with Gasteiger partial charge < -0.3 is 19.1 Å². The molecule has 3 aromatic carbocycles. The van der Waals surface area contributed by atoms with Crippen LogP contribution in [0.3, 0.4) is 0 Å². The van der Waals surface area contributed by atoms with Gasteiger partial charge in [-0.25, -0.2) is 9.59 Å². The number of nitro benzene ring substituents is 1. The number of fused-ring (bicyclic) bond motifs is 2. The van der Waals surface area contributed by atoms with E-state index in [0.29, 0.717) is 18.4 Å². The van der Waals surface area contributed by atoms with E-state index < -0.39 is 44.9 Å². The van der Waals surface area contributed by atoms with Crippen LogP contribution in [0, 0.1) is 15.9 Å². The lowest BCUT2D eigenvalue weighted by Gasteiger charge is -2.21. The van der Waals surface area contributed by atoms with Gasteiger partial charge in [0.2, 0.25) is 11.2 Å². The first kappa shape index (κ1) is 26.9. The van der Waals surface area contributed by atoms with Crippen molar-refractivity contribution in [1.82, 2.24) is 9.47 Å². The Bertz CT molecular complexity index is 1850. The van der Waals surface area contributed by atoms with Gasteiger partial charge in [0.05, 0.1) is 17.7 Å². The van der Waals surface area contributed by atoms with E-state index in [4.69, 9.17) is 9.47 Å². The second-order valence-electron chi connectivity index (χ2n) is 10.2. The van der Waals surface area contributed by atoms with E-state index in [0.717, 1.165) is 22.8 Å². The summed E-state index contributed by atoms with van der Waals surface area (Å²) >= 11 is 0. The number of methoxy groups -OCH3 is 1. The van der Waals surface area contributed by atoms with Crippen LogP contribution in [0.25, 0.3) is 22.2 Å². The summed E-state index contributed by atoms with van der Waals surface area (Å²) in [4.78, 5) is 51.4. The maximum absolute atomic E-state index is 14.8. The lowest BCUT2D eigenvalue weighted by molar-refractivity contribution is -0.385. The molecule has 0 saturated heterocycles. The molecule has 42 heavy (non-hydrogen) atoms. The molecule has 0 atom stereocenters. The zero-order valence-electron chi connectivity index (χ0n) is 22.3. The number of benzene rings is 3. The number of aromatic nitrogens is 1. The highest BCUT2D eigenvalue weighted by atomic mass is 19.1. The molecular weight excluding hydrogens is 549 g/mol. The number of carbonyl (C=O) groups excluding carboxylic acids is 1. The second-order valence-corrected chi connectivity index (χ2v) is 10.2. The third-order valence-electron chi connectivity index (χ3n) is 7.56. The van der Waals surface area contributed by atoms with Crippen molar-refractivity contribution >= 4 is 28.7 Å². The number of carboxylic acids is 1. The van der Waals surface area contributed by atoms with Crippen molar-refractivity contribution in [2.24, 2.45) is 0 Å². The summed E-state index contributed by atoms with van der Waals surface area (Å²) < 4.78 is 27.2. The summed E-state index contributed by atoms with van der Waals surface area (Å²) in [7, 11) is 1.24. The summed E-state index contributed by atoms with van der Waals surface area (Å²) in [6.07, 6.45) is 0.719. The normalized spacial score (nSPS) is 14.1. The number of amides is 1. The maximum Gasteiger partial charge on any atom is 0.410 e. The second kappa shape index (κ2) is 10.3. The minimum atomic E-state index is -1.60. The number of pyridine rings is 1. The molecule has 2 aliphatic rings. The molecule has 1 aliphatic carbocycles. The molecule has 1 amide bonds. The molecule has 12 heteroatoms. The van der Waals surface area contributed by atoms with Gasteiger partial charge in [0.25, 0.3) is 0 Å². The largest absolute Gasteiger partial charge is 0.494 e. The topological polar surface area (TPSA) is 141 Å². The van der Waals surface area contributed by atoms with Gasteiger partial charge in [-0.2, -0.15) is 4.39 Å². The predicted octanol–water partition coefficient (Wildman–Crippen LogP) is 5.41. The van der Waals surface area contributed by atoms with Gasteiger partial charge >= 0.3 is 17.7 Å². The molecule has 6 rings (SSSR count). The smallest absolute Gasteiger partial charge is 0.410 e. The number of ether oxygens (including phenoxy) is 2. The number of nitro groups is 1. The van der Waals surface area contributed by atoms with Gasteiger partial charge in [0.1, 0.15) is 28.8 Å². The lowest BCUT2D eigenvalue weighted by atomic mass is 9.97. The molecule has 4 aromatic rings. The van der Waals surface area contributed by atoms with E-state index in [9.17, 15) is 34.0 Å². The van der Waals surface area contributed by atoms with Crippen molar-refractivity contribution in [2.75, 3.05) is 7.11 Å². The molecule has 0 unspecified atom stereocenters. The monoisotopic (exact) mass is 573 g/mol. The Morgan fingerprint density at radius 1 is 1.10 bits per heavy atom. The molecule has 2 heterocycles. The SMILES string of the molecule is COc1cc(F)c([N+](=O)[O-])c2c(=O)c(C(=O)O)c(-c3ccc4c(c3)CN(C(=O)OCc3ccccc3)C4)n(C3CC3)c12. The number of hydrogen-bond acceptors (Lipinski definition) is 7. The van der Waals surface area contributed by atoms with Gasteiger partial charge in [-0.1, -0.05) is 42.5 Å². The highest BCUT2D eigenvalue weighted by molar-refractivity contribution is 6.04. The fourth-order valence-electron chi connectivity index (χ4n) is 5.52. The minimum absolute atomic E-state index is 0.0367. The van der Waals surface area contributed by atoms with Crippen molar-refractivity contribution in [3.05, 3.63) is 103 Å². The van der Waals surface area contributed by atoms with Crippen LogP contribution in [0.1, 0.15) is 45.9 Å². The van der Waals surface area contributed by atoms with Crippen molar-refractivity contribution in [1.29, 1.82) is 0 Å². The van der Waals surface area contributed by atoms with E-state index in [1.54, 1.807) is 22.8 Å². The van der Waals surface area contributed by atoms with Gasteiger partial charge in [-0.3, -0.25) is 19.8 Å². The standard InChI is InChI=1S/C30H24FN3O8/c1-41-22-12-21(31)26(34(39)40)23-27(22)33(20-9-10-20)25(24(28(23)35)29(36)37)17-7-8-18-13-32(14-19(18)11-17)30(38)42-15-16-5-3-2-4-6-16/h2-8,11-12,20H,9-10,13-15H2,1H3,(H,36,37). The van der Waals surface area contributed by atoms with Crippen LogP contribution in [0.4, 0.5) is 14.9 Å². The third kappa shape index (κ3) is 4.50. The Hall–Kier alpha value is -5.26. The lowest BCUT2D eigenvalue weighted by Crippen LogP contribution is -2.26. The Balaban J connectivity index is 1.47. The minimum Gasteiger partial charge on any atom is -0.494 e. The first-order valence-electron chi connectivity index (χ1n) is 13.1. The first-order valence-corrected chi connectivity index (χ1v) is 13.1. The van der Waals surface area contributed by atoms with Crippen molar-refractivity contribution in [2.45, 2.75) is 38.6 Å². The molecule has 1 N–H and O–H groups in total. The number of nitrogens with zero attached hydrogens (tertiary/aromatic N) is 3. The number of halogens is 1. The zero-order chi connectivity index (χ0) is 29.7. The van der Waals surface area contributed by atoms with E-state index in [2.05, 4.69) is 0 Å². The maximum atomic E-state index is 14.8. The Morgan fingerprint density at radius 2 is 1.81 bits per heavy atom. The molecule has 0 radical (unpaired) electrons. The Labute approximate surface area is 237 Å². The van der Waals surface area contributed by atoms with Crippen LogP contribution in [0.15, 0.2) is 59.4 Å². The molecule has 1 fully saturated rings. The number of carboxylic acid groups (broad SMARTS) is 1. The van der Waals surface area contributed by atoms with Crippen molar-refractivity contribution in [3.63, 3.8) is 0 Å². The van der Waals surface area contributed by atoms with Gasteiger partial charge in [-0.15, -0.1) is 0 Å². The molecule has 11 nitrogen and oxygen atoms in total. The van der Waals surface area contributed by atoms with Crippen LogP contribution >= 0.6 is 0 Å². The van der Waals surface area contributed by atoms with Crippen LogP contribution in [-0.2, 0) is 24.4 Å². The molecule has 0 spiro atoms. The number of carbonyl (C=O) groups is 2. The highest BCUT2D eigenvalue weighted by Crippen LogP contribution is 2.46. The van der Waals surface area contributed by atoms with E-state index in [1.165, 1.54) is 12.0 Å². The molecule has 214 valence electrons. The van der Waals surface area contributed by atoms with Crippen molar-refractivity contribution < 1.29 is 33.5 Å². The zero-order valence-corrected chi connectivity index (χ0v) is 22.3. The quantitative estimate of drug-likeness (QED) is 0.229. The van der Waals surface area contributed by atoms with Gasteiger partial charge in [0.15, 0.2) is 0 Å². The predicted molar refractivity (Wildman–Crippen MR) is 148 cm³/mol. The highest BCUT2D eigenvalue weighted by Gasteiger charge is 2.37. The van der Waals surface area contributed by atoms with Crippen LogP contribution in [0.2, 0.25) is 0 Å². The van der Waals surface area contributed by atoms with Crippen LogP contribution in [-0.4, -0.2) is 38.7 Å². The fourth-order valence-corrected chi connectivity index (χ4v) is 5.52. The fraction of sp³-hybridized carbons (Fsp3) is 0.233. The molecule has 1 saturated carbocycles. The number of rotatable bonds is 7. The summed E-state index contributed by atoms with van der Waals surface area (Å²) in [5.74, 6) is -3.02. The summed E-state index contributed by atoms with van der Waals surface area (Å²) in [6.45, 7) is 0.584. The summed E-state index contributed by atoms with van der Waals surface area (Å²) in [5.41, 5.74) is -0.224. The average Bonchev–Trinajstić information content (AvgIpc) is 3.72. The molecule has 1 aromatic heterocycles. The first-order chi connectivity index (χ1) is 20.2. The molecule has 0 bridgehead atoms. The summed E-state index contributed by atoms with van der Waals surface area (Å²) in [5, 5.41) is 21.4. The summed E-state index contributed by atoms with van der Waals surface area (Å²) in [6, 6.07) is 14.9.